The first-order valence-electron chi connectivity index (χ1n) is 11.5. The lowest BCUT2D eigenvalue weighted by Gasteiger charge is -2.15. The zero-order valence-corrected chi connectivity index (χ0v) is 21.4. The van der Waals surface area contributed by atoms with Crippen LogP contribution in [0.5, 0.6) is 0 Å². The molecule has 5 N–H and O–H groups in total. The van der Waals surface area contributed by atoms with Gasteiger partial charge in [0.1, 0.15) is 23.8 Å². The van der Waals surface area contributed by atoms with Crippen molar-refractivity contribution in [3.8, 4) is 12.5 Å². The normalized spacial score (nSPS) is 21.9. The van der Waals surface area contributed by atoms with Crippen molar-refractivity contribution in [1.29, 1.82) is 0 Å². The van der Waals surface area contributed by atoms with Crippen molar-refractivity contribution in [1.82, 2.24) is 21.3 Å². The minimum Gasteiger partial charge on any atom is -0.462 e. The van der Waals surface area contributed by atoms with Crippen molar-refractivity contribution in [3.63, 3.8) is 0 Å². The number of hydrogen-bond donors (Lipinski definition) is 5. The first-order chi connectivity index (χ1) is 16.5. The molecule has 2 unspecified atom stereocenters. The van der Waals surface area contributed by atoms with Gasteiger partial charge >= 0.3 is 0 Å². The maximum absolute atomic E-state index is 11.3. The Labute approximate surface area is 208 Å². The molecule has 8 nitrogen and oxygen atoms in total. The molecule has 0 bridgehead atoms. The van der Waals surface area contributed by atoms with Gasteiger partial charge in [-0.2, -0.15) is 10.2 Å². The van der Waals surface area contributed by atoms with Crippen LogP contribution in [0.1, 0.15) is 46.5 Å². The fourth-order valence-electron chi connectivity index (χ4n) is 2.85. The SMILES string of the molecule is C#CO.CCCNC.C\C=C(/C=C\C(C)=N\N=C\C1CC=CS1)C1NC(C=O)=C(NC2CC2)N1. The maximum Gasteiger partial charge on any atom is 0.169 e. The highest BCUT2D eigenvalue weighted by Gasteiger charge is 2.29. The molecule has 0 spiro atoms. The zero-order valence-electron chi connectivity index (χ0n) is 20.5. The summed E-state index contributed by atoms with van der Waals surface area (Å²) >= 11 is 1.76. The monoisotopic (exact) mass is 486 g/mol. The summed E-state index contributed by atoms with van der Waals surface area (Å²) in [6.45, 7) is 7.19. The number of hydrogen-bond acceptors (Lipinski definition) is 9. The summed E-state index contributed by atoms with van der Waals surface area (Å²) in [4.78, 5) is 11.3. The summed E-state index contributed by atoms with van der Waals surface area (Å²) in [6, 6.07) is 0.484. The van der Waals surface area contributed by atoms with Crippen molar-refractivity contribution in [2.75, 3.05) is 13.6 Å². The van der Waals surface area contributed by atoms with Gasteiger partial charge in [0.05, 0.1) is 5.71 Å². The Bertz CT molecular complexity index is 840. The summed E-state index contributed by atoms with van der Waals surface area (Å²) < 4.78 is 0. The van der Waals surface area contributed by atoms with Gasteiger partial charge in [-0.1, -0.05) is 31.6 Å². The first-order valence-corrected chi connectivity index (χ1v) is 12.4. The van der Waals surface area contributed by atoms with Crippen molar-refractivity contribution in [3.05, 3.63) is 46.8 Å². The molecule has 0 aromatic carbocycles. The van der Waals surface area contributed by atoms with Crippen molar-refractivity contribution in [2.24, 2.45) is 10.2 Å². The third-order valence-corrected chi connectivity index (χ3v) is 5.76. The molecule has 1 aliphatic carbocycles. The van der Waals surface area contributed by atoms with Gasteiger partial charge in [0.15, 0.2) is 6.29 Å². The minimum atomic E-state index is -0.130. The maximum atomic E-state index is 11.3. The van der Waals surface area contributed by atoms with Crippen LogP contribution < -0.4 is 21.3 Å². The molecule has 1 fully saturated rings. The Morgan fingerprint density at radius 1 is 1.38 bits per heavy atom. The van der Waals surface area contributed by atoms with Crippen LogP contribution in [0.3, 0.4) is 0 Å². The van der Waals surface area contributed by atoms with E-state index < -0.39 is 0 Å². The Morgan fingerprint density at radius 3 is 2.62 bits per heavy atom. The number of aliphatic hydroxyl groups excluding tert-OH is 1. The molecule has 0 aromatic heterocycles. The second kappa shape index (κ2) is 17.5. The van der Waals surface area contributed by atoms with E-state index in [4.69, 9.17) is 5.11 Å². The standard InChI is InChI=1S/C19H25N5OS.C4H11N.C2H2O/c1-3-14(7-6-13(2)24-20-11-16-5-4-10-26-16)18-22-17(12-25)19(23-18)21-15-8-9-15;1-3-4-5-2;1-2-3/h3-4,6-7,10-12,15-16,18,21-23H,5,8-9H2,1-2H3;5H,3-4H2,1-2H3;1,3H/b7-6-,14-3+,20-11+,24-13+;;. The van der Waals surface area contributed by atoms with Crippen LogP contribution in [0.25, 0.3) is 0 Å². The number of nitrogens with one attached hydrogen (secondary N) is 4. The number of nitrogens with zero attached hydrogens (tertiary/aromatic N) is 2. The van der Waals surface area contributed by atoms with E-state index in [0.717, 1.165) is 49.2 Å². The number of allylic oxidation sites excluding steroid dienone is 4. The number of carbonyl (C=O) groups excluding carboxylic acids is 1. The lowest BCUT2D eigenvalue weighted by molar-refractivity contribution is -0.105. The molecule has 1 saturated carbocycles. The number of terminal acetylenes is 1. The molecule has 3 aliphatic rings. The molecule has 3 rings (SSSR count). The number of rotatable bonds is 10. The van der Waals surface area contributed by atoms with Gasteiger partial charge in [0, 0.05) is 17.5 Å². The fourth-order valence-corrected chi connectivity index (χ4v) is 3.62. The minimum absolute atomic E-state index is 0.130. The molecule has 2 atom stereocenters. The van der Waals surface area contributed by atoms with E-state index in [1.807, 2.05) is 45.3 Å². The second-order valence-electron chi connectivity index (χ2n) is 7.69. The summed E-state index contributed by atoms with van der Waals surface area (Å²) in [6.07, 6.45) is 20.7. The molecular weight excluding hydrogens is 448 g/mol. The van der Waals surface area contributed by atoms with Gasteiger partial charge in [0.2, 0.25) is 0 Å². The third-order valence-electron chi connectivity index (χ3n) is 4.75. The van der Waals surface area contributed by atoms with Crippen LogP contribution in [0.4, 0.5) is 0 Å². The Kier molecular flexibility index (Phi) is 15.0. The highest BCUT2D eigenvalue weighted by Crippen LogP contribution is 2.23. The topological polar surface area (TPSA) is 110 Å². The van der Waals surface area contributed by atoms with Gasteiger partial charge < -0.3 is 26.4 Å². The molecule has 2 heterocycles. The predicted molar refractivity (Wildman–Crippen MR) is 144 cm³/mol. The second-order valence-corrected chi connectivity index (χ2v) is 8.84. The van der Waals surface area contributed by atoms with Crippen molar-refractivity contribution >= 4 is 30.0 Å². The first kappa shape index (κ1) is 29.1. The number of aldehydes is 1. The Hall–Kier alpha value is -2.96. The zero-order chi connectivity index (χ0) is 25.2. The molecule has 0 radical (unpaired) electrons. The van der Waals surface area contributed by atoms with E-state index in [1.165, 1.54) is 12.5 Å². The van der Waals surface area contributed by atoms with Crippen molar-refractivity contribution < 1.29 is 9.90 Å². The lowest BCUT2D eigenvalue weighted by Crippen LogP contribution is -2.37. The molecule has 2 aliphatic heterocycles. The Morgan fingerprint density at radius 2 is 2.12 bits per heavy atom. The summed E-state index contributed by atoms with van der Waals surface area (Å²) in [5.74, 6) is 0.790. The molecular formula is C25H38N6O2S. The van der Waals surface area contributed by atoms with Crippen molar-refractivity contribution in [2.45, 2.75) is 63.9 Å². The van der Waals surface area contributed by atoms with Crippen LogP contribution in [-0.2, 0) is 4.79 Å². The van der Waals surface area contributed by atoms with Gasteiger partial charge in [0.25, 0.3) is 0 Å². The van der Waals surface area contributed by atoms with E-state index in [0.29, 0.717) is 17.0 Å². The van der Waals surface area contributed by atoms with Gasteiger partial charge in [-0.25, -0.2) is 0 Å². The molecule has 186 valence electrons. The highest BCUT2D eigenvalue weighted by molar-refractivity contribution is 8.03. The van der Waals surface area contributed by atoms with Crippen LogP contribution >= 0.6 is 11.8 Å². The molecule has 0 saturated heterocycles. The van der Waals surface area contributed by atoms with Gasteiger partial charge in [-0.3, -0.25) is 4.79 Å². The van der Waals surface area contributed by atoms with E-state index >= 15 is 0 Å². The molecule has 0 aromatic rings. The fraction of sp³-hybridized carbons (Fsp3) is 0.480. The Balaban J connectivity index is 0.000000629. The molecule has 0 amide bonds. The average molecular weight is 487 g/mol. The van der Waals surface area contributed by atoms with Crippen LogP contribution in [0, 0.1) is 12.5 Å². The molecule has 9 heteroatoms. The third kappa shape index (κ3) is 11.8. The number of aliphatic hydroxyl groups is 1. The number of thioether (sulfide) groups is 1. The smallest absolute Gasteiger partial charge is 0.169 e. The predicted octanol–water partition coefficient (Wildman–Crippen LogP) is 3.16. The summed E-state index contributed by atoms with van der Waals surface area (Å²) in [7, 11) is 1.96. The summed E-state index contributed by atoms with van der Waals surface area (Å²) in [5, 5.41) is 30.9. The van der Waals surface area contributed by atoms with E-state index in [-0.39, 0.29) is 6.17 Å². The summed E-state index contributed by atoms with van der Waals surface area (Å²) in [5.41, 5.74) is 2.44. The van der Waals surface area contributed by atoms with Gasteiger partial charge in [-0.15, -0.1) is 11.8 Å². The van der Waals surface area contributed by atoms with Crippen LogP contribution in [0.15, 0.2) is 57.0 Å². The average Bonchev–Trinajstić information content (AvgIpc) is 3.31. The lowest BCUT2D eigenvalue weighted by atomic mass is 10.1. The van der Waals surface area contributed by atoms with Crippen LogP contribution in [0.2, 0.25) is 0 Å². The quantitative estimate of drug-likeness (QED) is 0.106. The van der Waals surface area contributed by atoms with E-state index in [1.54, 1.807) is 11.8 Å². The molecule has 34 heavy (non-hydrogen) atoms. The highest BCUT2D eigenvalue weighted by atomic mass is 32.2. The van der Waals surface area contributed by atoms with E-state index in [9.17, 15) is 4.79 Å². The number of carbonyl (C=O) groups is 1. The van der Waals surface area contributed by atoms with E-state index in [2.05, 4.69) is 56.3 Å². The van der Waals surface area contributed by atoms with Crippen LogP contribution in [-0.4, -0.2) is 54.4 Å². The largest absolute Gasteiger partial charge is 0.462 e. The van der Waals surface area contributed by atoms with Gasteiger partial charge in [-0.05, 0) is 70.2 Å².